The Labute approximate surface area is 74.1 Å². The van der Waals surface area contributed by atoms with E-state index in [0.717, 1.165) is 25.2 Å². The van der Waals surface area contributed by atoms with Crippen molar-refractivity contribution in [3.8, 4) is 0 Å². The molecular formula is C9H18NO2-. The average Bonchev–Trinajstić information content (AvgIpc) is 2.03. The van der Waals surface area contributed by atoms with Crippen LogP contribution in [0.4, 0.5) is 0 Å². The Morgan fingerprint density at radius 3 is 2.50 bits per heavy atom. The number of carbonyl (C=O) groups is 1. The van der Waals surface area contributed by atoms with Crippen molar-refractivity contribution >= 4 is 5.91 Å². The Hall–Kier alpha value is -0.570. The highest BCUT2D eigenvalue weighted by molar-refractivity contribution is 5.76. The summed E-state index contributed by atoms with van der Waals surface area (Å²) in [5.74, 6) is 0.345. The van der Waals surface area contributed by atoms with Crippen LogP contribution in [0.3, 0.4) is 0 Å². The number of hydrogen-bond donors (Lipinski definition) is 1. The lowest BCUT2D eigenvalue weighted by Crippen LogP contribution is -2.14. The molecule has 0 radical (unpaired) electrons. The van der Waals surface area contributed by atoms with Gasteiger partial charge in [0.05, 0.1) is 0 Å². The number of hydrogen-bond acceptors (Lipinski definition) is 2. The van der Waals surface area contributed by atoms with Gasteiger partial charge in [-0.1, -0.05) is 33.1 Å². The number of carbonyl (C=O) groups excluding carboxylic acids is 1. The van der Waals surface area contributed by atoms with Gasteiger partial charge in [-0.05, 0) is 12.3 Å². The molecule has 0 aromatic carbocycles. The van der Waals surface area contributed by atoms with Crippen LogP contribution in [0.2, 0.25) is 0 Å². The second kappa shape index (κ2) is 7.10. The van der Waals surface area contributed by atoms with E-state index in [9.17, 15) is 10.0 Å². The van der Waals surface area contributed by atoms with E-state index in [4.69, 9.17) is 0 Å². The molecular weight excluding hydrogens is 154 g/mol. The van der Waals surface area contributed by atoms with E-state index in [1.54, 1.807) is 0 Å². The molecule has 3 nitrogen and oxygen atoms in total. The highest BCUT2D eigenvalue weighted by atomic mass is 16.5. The molecule has 12 heavy (non-hydrogen) atoms. The van der Waals surface area contributed by atoms with Gasteiger partial charge in [-0.3, -0.25) is 4.79 Å². The zero-order valence-corrected chi connectivity index (χ0v) is 7.93. The van der Waals surface area contributed by atoms with Crippen LogP contribution in [0.1, 0.15) is 46.0 Å². The summed E-state index contributed by atoms with van der Waals surface area (Å²) in [6.07, 6.45) is 4.62. The van der Waals surface area contributed by atoms with Crippen molar-refractivity contribution < 1.29 is 4.79 Å². The maximum absolute atomic E-state index is 10.5. The van der Waals surface area contributed by atoms with Gasteiger partial charge >= 0.3 is 0 Å². The summed E-state index contributed by atoms with van der Waals surface area (Å²) in [5, 5.41) is 9.80. The first-order valence-electron chi connectivity index (χ1n) is 4.57. The fourth-order valence-corrected chi connectivity index (χ4v) is 1.07. The van der Waals surface area contributed by atoms with Crippen LogP contribution < -0.4 is 5.48 Å². The van der Waals surface area contributed by atoms with Gasteiger partial charge in [0.15, 0.2) is 0 Å². The Kier molecular flexibility index (Phi) is 6.76. The Morgan fingerprint density at radius 1 is 1.33 bits per heavy atom. The molecule has 3 heteroatoms. The largest absolute Gasteiger partial charge is 0.759 e. The number of hydroxylamine groups is 1. The second-order valence-corrected chi connectivity index (χ2v) is 3.52. The Balaban J connectivity index is 3.05. The van der Waals surface area contributed by atoms with Gasteiger partial charge < -0.3 is 10.7 Å². The van der Waals surface area contributed by atoms with E-state index in [1.165, 1.54) is 11.9 Å². The topological polar surface area (TPSA) is 52.2 Å². The lowest BCUT2D eigenvalue weighted by atomic mass is 10.0. The molecule has 1 N–H and O–H groups in total. The van der Waals surface area contributed by atoms with E-state index in [1.807, 2.05) is 0 Å². The predicted octanol–water partition coefficient (Wildman–Crippen LogP) is 2.21. The smallest absolute Gasteiger partial charge is 0.209 e. The van der Waals surface area contributed by atoms with Crippen LogP contribution in [-0.2, 0) is 4.79 Å². The molecule has 0 fully saturated rings. The van der Waals surface area contributed by atoms with Gasteiger partial charge in [0, 0.05) is 6.42 Å². The first kappa shape index (κ1) is 11.4. The normalized spacial score (nSPS) is 10.3. The third kappa shape index (κ3) is 7.54. The first-order valence-corrected chi connectivity index (χ1v) is 4.57. The lowest BCUT2D eigenvalue weighted by Gasteiger charge is -2.07. The zero-order valence-electron chi connectivity index (χ0n) is 7.93. The second-order valence-electron chi connectivity index (χ2n) is 3.52. The molecule has 0 aromatic rings. The minimum atomic E-state index is -0.389. The molecule has 0 aliphatic heterocycles. The summed E-state index contributed by atoms with van der Waals surface area (Å²) in [5.41, 5.74) is 1.38. The summed E-state index contributed by atoms with van der Waals surface area (Å²) < 4.78 is 0. The first-order chi connectivity index (χ1) is 5.66. The molecule has 0 bridgehead atoms. The fraction of sp³-hybridized carbons (Fsp3) is 0.889. The van der Waals surface area contributed by atoms with Gasteiger partial charge in [-0.2, -0.15) is 0 Å². The van der Waals surface area contributed by atoms with Gasteiger partial charge in [0.1, 0.15) is 0 Å². The summed E-state index contributed by atoms with van der Waals surface area (Å²) >= 11 is 0. The van der Waals surface area contributed by atoms with Crippen molar-refractivity contribution in [3.63, 3.8) is 0 Å². The van der Waals surface area contributed by atoms with Crippen molar-refractivity contribution in [1.82, 2.24) is 5.48 Å². The van der Waals surface area contributed by atoms with Crippen LogP contribution in [0, 0.1) is 11.1 Å². The molecule has 0 aromatic heterocycles. The number of amides is 1. The summed E-state index contributed by atoms with van der Waals surface area (Å²) in [7, 11) is 0. The summed E-state index contributed by atoms with van der Waals surface area (Å²) in [4.78, 5) is 10.5. The minimum absolute atomic E-state index is 0.377. The molecule has 0 saturated heterocycles. The molecule has 0 spiro atoms. The molecule has 0 saturated carbocycles. The average molecular weight is 172 g/mol. The molecule has 0 heterocycles. The third-order valence-corrected chi connectivity index (χ3v) is 1.80. The quantitative estimate of drug-likeness (QED) is 0.493. The number of unbranched alkanes of at least 4 members (excludes halogenated alkanes) is 2. The zero-order chi connectivity index (χ0) is 9.40. The Morgan fingerprint density at radius 2 is 2.00 bits per heavy atom. The van der Waals surface area contributed by atoms with E-state index in [-0.39, 0.29) is 5.91 Å². The third-order valence-electron chi connectivity index (χ3n) is 1.80. The van der Waals surface area contributed by atoms with Gasteiger partial charge in [0.25, 0.3) is 0 Å². The fourth-order valence-electron chi connectivity index (χ4n) is 1.07. The van der Waals surface area contributed by atoms with Crippen LogP contribution in [0.15, 0.2) is 0 Å². The summed E-state index contributed by atoms with van der Waals surface area (Å²) in [6.45, 7) is 4.37. The van der Waals surface area contributed by atoms with Gasteiger partial charge in [0.2, 0.25) is 5.91 Å². The molecule has 0 rings (SSSR count). The minimum Gasteiger partial charge on any atom is -0.759 e. The van der Waals surface area contributed by atoms with Crippen molar-refractivity contribution in [1.29, 1.82) is 0 Å². The maximum atomic E-state index is 10.5. The van der Waals surface area contributed by atoms with Crippen LogP contribution in [-0.4, -0.2) is 5.91 Å². The van der Waals surface area contributed by atoms with Crippen LogP contribution in [0.5, 0.6) is 0 Å². The molecule has 0 unspecified atom stereocenters. The standard InChI is InChI=1S/C9H18NO2/c1-8(2)6-4-3-5-7-9(11)10-12/h8H,3-7H2,1-2H3,(H-,10,11,12)/q-1. The van der Waals surface area contributed by atoms with Crippen LogP contribution in [0.25, 0.3) is 0 Å². The lowest BCUT2D eigenvalue weighted by molar-refractivity contribution is -0.120. The van der Waals surface area contributed by atoms with Crippen molar-refractivity contribution in [3.05, 3.63) is 5.21 Å². The highest BCUT2D eigenvalue weighted by Gasteiger charge is 1.96. The van der Waals surface area contributed by atoms with Crippen molar-refractivity contribution in [2.24, 2.45) is 5.92 Å². The van der Waals surface area contributed by atoms with Crippen LogP contribution >= 0.6 is 0 Å². The van der Waals surface area contributed by atoms with Gasteiger partial charge in [-0.25, -0.2) is 0 Å². The monoisotopic (exact) mass is 172 g/mol. The molecule has 72 valence electrons. The highest BCUT2D eigenvalue weighted by Crippen LogP contribution is 2.08. The number of rotatable bonds is 6. The summed E-state index contributed by atoms with van der Waals surface area (Å²) in [6, 6.07) is 0. The van der Waals surface area contributed by atoms with E-state index in [0.29, 0.717) is 6.42 Å². The van der Waals surface area contributed by atoms with E-state index < -0.39 is 0 Å². The SMILES string of the molecule is CC(C)CCCCCC(=O)N[O-]. The maximum Gasteiger partial charge on any atom is 0.209 e. The molecule has 1 amide bonds. The van der Waals surface area contributed by atoms with Crippen molar-refractivity contribution in [2.75, 3.05) is 0 Å². The van der Waals surface area contributed by atoms with E-state index in [2.05, 4.69) is 13.8 Å². The predicted molar refractivity (Wildman–Crippen MR) is 49.4 cm³/mol. The van der Waals surface area contributed by atoms with Crippen molar-refractivity contribution in [2.45, 2.75) is 46.0 Å². The number of nitrogens with one attached hydrogen (secondary N) is 1. The molecule has 0 aliphatic rings. The van der Waals surface area contributed by atoms with E-state index >= 15 is 0 Å². The molecule has 0 aliphatic carbocycles. The Bertz CT molecular complexity index is 124. The molecule has 0 atom stereocenters. The van der Waals surface area contributed by atoms with Gasteiger partial charge in [-0.15, -0.1) is 0 Å².